The van der Waals surface area contributed by atoms with Crippen LogP contribution in [-0.2, 0) is 14.9 Å². The monoisotopic (exact) mass is 643 g/mol. The third-order valence-corrected chi connectivity index (χ3v) is 11.0. The first-order valence-electron chi connectivity index (χ1n) is 18.6. The van der Waals surface area contributed by atoms with Gasteiger partial charge in [0.1, 0.15) is 11.9 Å². The lowest BCUT2D eigenvalue weighted by atomic mass is 9.73. The minimum atomic E-state index is -0.172. The first kappa shape index (κ1) is 34.3. The maximum atomic E-state index is 13.1. The number of hydrogen-bond donors (Lipinski definition) is 0. The molecule has 3 aliphatic rings. The molecule has 2 aliphatic heterocycles. The molecule has 0 N–H and O–H groups in total. The van der Waals surface area contributed by atoms with E-state index in [9.17, 15) is 4.79 Å². The number of carbonyl (C=O) groups excluding carboxylic acids is 1. The smallest absolute Gasteiger partial charge is 0.159 e. The molecule has 0 fully saturated rings. The van der Waals surface area contributed by atoms with Crippen LogP contribution >= 0.6 is 0 Å². The number of carbonyl (C=O) groups is 1. The zero-order valence-corrected chi connectivity index (χ0v) is 31.2. The SMILES string of the molecule is CCC1(CC)c2ccccc2-c2cc3c(cc21)N1C[C@@H](O/C(=C\C(=O)CC(C)C)CC(C)C)c2c(C)cc(C)cc2C1C=C3CC(C)C. The van der Waals surface area contributed by atoms with Crippen LogP contribution in [0.15, 0.2) is 66.4 Å². The van der Waals surface area contributed by atoms with Crippen LogP contribution in [0.3, 0.4) is 0 Å². The summed E-state index contributed by atoms with van der Waals surface area (Å²) in [5.74, 6) is 2.23. The predicted molar refractivity (Wildman–Crippen MR) is 203 cm³/mol. The summed E-state index contributed by atoms with van der Waals surface area (Å²) in [7, 11) is 0. The molecule has 3 heteroatoms. The Balaban J connectivity index is 1.54. The lowest BCUT2D eigenvalue weighted by molar-refractivity contribution is -0.115. The molecule has 48 heavy (non-hydrogen) atoms. The van der Waals surface area contributed by atoms with Crippen LogP contribution in [-0.4, -0.2) is 12.3 Å². The molecule has 0 aromatic heterocycles. The maximum Gasteiger partial charge on any atom is 0.159 e. The van der Waals surface area contributed by atoms with Crippen molar-refractivity contribution in [3.8, 4) is 11.1 Å². The molecule has 0 saturated heterocycles. The number of benzene rings is 3. The Morgan fingerprint density at radius 2 is 1.58 bits per heavy atom. The van der Waals surface area contributed by atoms with E-state index in [0.717, 1.165) is 38.0 Å². The highest BCUT2D eigenvalue weighted by Gasteiger charge is 2.44. The number of hydrogen-bond acceptors (Lipinski definition) is 3. The molecule has 0 spiro atoms. The number of anilines is 1. The zero-order chi connectivity index (χ0) is 34.5. The van der Waals surface area contributed by atoms with Crippen molar-refractivity contribution in [2.45, 2.75) is 119 Å². The highest BCUT2D eigenvalue weighted by Crippen LogP contribution is 2.57. The van der Waals surface area contributed by atoms with Crippen molar-refractivity contribution in [1.82, 2.24) is 0 Å². The third kappa shape index (κ3) is 6.08. The highest BCUT2D eigenvalue weighted by molar-refractivity contribution is 5.91. The van der Waals surface area contributed by atoms with Gasteiger partial charge in [0.25, 0.3) is 0 Å². The summed E-state index contributed by atoms with van der Waals surface area (Å²) < 4.78 is 7.06. The molecule has 1 aliphatic carbocycles. The number of allylic oxidation sites excluding steroid dienone is 3. The van der Waals surface area contributed by atoms with Gasteiger partial charge in [-0.25, -0.2) is 0 Å². The molecule has 6 rings (SSSR count). The molecule has 0 amide bonds. The van der Waals surface area contributed by atoms with Gasteiger partial charge in [-0.05, 0) is 102 Å². The van der Waals surface area contributed by atoms with E-state index in [1.807, 2.05) is 0 Å². The summed E-state index contributed by atoms with van der Waals surface area (Å²) in [4.78, 5) is 15.7. The van der Waals surface area contributed by atoms with E-state index in [1.54, 1.807) is 6.08 Å². The van der Waals surface area contributed by atoms with Crippen molar-refractivity contribution < 1.29 is 9.53 Å². The van der Waals surface area contributed by atoms with E-state index in [0.29, 0.717) is 24.2 Å². The van der Waals surface area contributed by atoms with Gasteiger partial charge in [0.2, 0.25) is 0 Å². The molecule has 0 saturated carbocycles. The van der Waals surface area contributed by atoms with Crippen LogP contribution in [0.5, 0.6) is 0 Å². The van der Waals surface area contributed by atoms with Crippen molar-refractivity contribution in [2.24, 2.45) is 17.8 Å². The van der Waals surface area contributed by atoms with Gasteiger partial charge in [-0.15, -0.1) is 0 Å². The first-order valence-corrected chi connectivity index (χ1v) is 18.6. The highest BCUT2D eigenvalue weighted by atomic mass is 16.5. The largest absolute Gasteiger partial charge is 0.488 e. The van der Waals surface area contributed by atoms with Crippen LogP contribution in [0.2, 0.25) is 0 Å². The summed E-state index contributed by atoms with van der Waals surface area (Å²) in [6, 6.07) is 19.1. The number of ketones is 1. The van der Waals surface area contributed by atoms with Gasteiger partial charge >= 0.3 is 0 Å². The fourth-order valence-electron chi connectivity index (χ4n) is 9.03. The summed E-state index contributed by atoms with van der Waals surface area (Å²) in [5.41, 5.74) is 15.1. The Morgan fingerprint density at radius 3 is 2.25 bits per heavy atom. The van der Waals surface area contributed by atoms with E-state index in [2.05, 4.69) is 129 Å². The summed E-state index contributed by atoms with van der Waals surface area (Å²) >= 11 is 0. The lowest BCUT2D eigenvalue weighted by Gasteiger charge is -2.46. The first-order chi connectivity index (χ1) is 22.9. The Bertz CT molecular complexity index is 1770. The third-order valence-electron chi connectivity index (χ3n) is 11.0. The van der Waals surface area contributed by atoms with E-state index in [-0.39, 0.29) is 23.3 Å². The predicted octanol–water partition coefficient (Wildman–Crippen LogP) is 12.0. The van der Waals surface area contributed by atoms with E-state index < -0.39 is 0 Å². The van der Waals surface area contributed by atoms with Gasteiger partial charge in [0.05, 0.1) is 12.6 Å². The molecular weight excluding hydrogens is 587 g/mol. The van der Waals surface area contributed by atoms with Crippen LogP contribution < -0.4 is 4.90 Å². The minimum Gasteiger partial charge on any atom is -0.488 e. The molecule has 0 radical (unpaired) electrons. The molecule has 1 unspecified atom stereocenters. The minimum absolute atomic E-state index is 0.0105. The topological polar surface area (TPSA) is 29.5 Å². The molecule has 3 aromatic rings. The summed E-state index contributed by atoms with van der Waals surface area (Å²) in [6.07, 6.45) is 8.68. The second kappa shape index (κ2) is 13.4. The number of nitrogens with zero attached hydrogens (tertiary/aromatic N) is 1. The lowest BCUT2D eigenvalue weighted by Crippen LogP contribution is -2.41. The van der Waals surface area contributed by atoms with Crippen LogP contribution in [0, 0.1) is 31.6 Å². The fraction of sp³-hybridized carbons (Fsp3) is 0.489. The molecular formula is C45H57NO2. The summed E-state index contributed by atoms with van der Waals surface area (Å²) in [6.45, 7) is 23.2. The van der Waals surface area contributed by atoms with Crippen molar-refractivity contribution in [3.05, 3.63) is 105 Å². The van der Waals surface area contributed by atoms with Crippen LogP contribution in [0.1, 0.15) is 139 Å². The number of aryl methyl sites for hydroxylation is 2. The van der Waals surface area contributed by atoms with Crippen LogP contribution in [0.4, 0.5) is 5.69 Å². The van der Waals surface area contributed by atoms with E-state index in [1.165, 1.54) is 61.3 Å². The Morgan fingerprint density at radius 1 is 0.875 bits per heavy atom. The number of rotatable bonds is 11. The Labute approximate surface area is 290 Å². The number of ether oxygens (including phenoxy) is 1. The van der Waals surface area contributed by atoms with Gasteiger partial charge in [-0.1, -0.05) is 103 Å². The maximum absolute atomic E-state index is 13.1. The van der Waals surface area contributed by atoms with E-state index >= 15 is 0 Å². The Hall–Kier alpha value is -3.59. The zero-order valence-electron chi connectivity index (χ0n) is 31.2. The average molecular weight is 644 g/mol. The van der Waals surface area contributed by atoms with Crippen LogP contribution in [0.25, 0.3) is 16.7 Å². The van der Waals surface area contributed by atoms with E-state index in [4.69, 9.17) is 4.74 Å². The molecule has 2 heterocycles. The average Bonchev–Trinajstić information content (AvgIpc) is 3.28. The van der Waals surface area contributed by atoms with Gasteiger partial charge in [-0.3, -0.25) is 4.79 Å². The molecule has 2 atom stereocenters. The molecule has 0 bridgehead atoms. The van der Waals surface area contributed by atoms with Gasteiger partial charge in [0.15, 0.2) is 5.78 Å². The van der Waals surface area contributed by atoms with Crippen molar-refractivity contribution >= 4 is 17.0 Å². The van der Waals surface area contributed by atoms with Gasteiger partial charge in [0, 0.05) is 41.1 Å². The normalized spacial score (nSPS) is 19.1. The summed E-state index contributed by atoms with van der Waals surface area (Å²) in [5, 5.41) is 0. The molecule has 3 nitrogen and oxygen atoms in total. The Kier molecular flexibility index (Phi) is 9.55. The second-order valence-electron chi connectivity index (χ2n) is 16.1. The fourth-order valence-corrected chi connectivity index (χ4v) is 9.03. The number of fused-ring (bicyclic) bond motifs is 8. The van der Waals surface area contributed by atoms with Crippen molar-refractivity contribution in [2.75, 3.05) is 11.4 Å². The quantitative estimate of drug-likeness (QED) is 0.154. The molecule has 254 valence electrons. The van der Waals surface area contributed by atoms with Gasteiger partial charge in [-0.2, -0.15) is 0 Å². The molecule has 3 aromatic carbocycles. The van der Waals surface area contributed by atoms with Crippen molar-refractivity contribution in [3.63, 3.8) is 0 Å². The van der Waals surface area contributed by atoms with Gasteiger partial charge < -0.3 is 9.64 Å². The standard InChI is InChI=1S/C45H57NO2/c1-11-45(12-2)39-16-14-13-15-35(39)37-24-36-32(17-27(3)4)22-41-38-21-30(9)20-31(10)44(38)43(26-46(41)42(36)25-40(37)45)48-34(19-29(7)8)23-33(47)18-28(5)6/h13-16,20-25,27-29,41,43H,11-12,17-19,26H2,1-10H3/b34-23-/t41?,43-/m1/s1. The van der Waals surface area contributed by atoms with Crippen molar-refractivity contribution in [1.29, 1.82) is 0 Å². The second-order valence-corrected chi connectivity index (χ2v) is 16.1.